The van der Waals surface area contributed by atoms with Crippen LogP contribution in [0.1, 0.15) is 46.0 Å². The molecule has 188 valence electrons. The van der Waals surface area contributed by atoms with Gasteiger partial charge in [0.15, 0.2) is 5.82 Å². The highest BCUT2D eigenvalue weighted by molar-refractivity contribution is 6.01. The van der Waals surface area contributed by atoms with Gasteiger partial charge in [0.05, 0.1) is 11.6 Å². The molecule has 2 N–H and O–H groups in total. The molecule has 2 aliphatic rings. The van der Waals surface area contributed by atoms with Crippen LogP contribution in [-0.2, 0) is 9.59 Å². The van der Waals surface area contributed by atoms with Gasteiger partial charge in [-0.2, -0.15) is 18.2 Å². The van der Waals surface area contributed by atoms with Crippen LogP contribution in [0.2, 0.25) is 0 Å². The summed E-state index contributed by atoms with van der Waals surface area (Å²) in [5, 5.41) is 5.32. The first-order valence-electron chi connectivity index (χ1n) is 11.6. The maximum Gasteiger partial charge on any atom is 0.397 e. The van der Waals surface area contributed by atoms with E-state index in [1.165, 1.54) is 12.1 Å². The number of aromatic nitrogens is 2. The molecule has 2 amide bonds. The third-order valence-electron chi connectivity index (χ3n) is 6.36. The number of fused-ring (bicyclic) bond motifs is 1. The molecule has 1 aliphatic heterocycles. The van der Waals surface area contributed by atoms with E-state index in [1.807, 2.05) is 13.8 Å². The van der Waals surface area contributed by atoms with Crippen LogP contribution in [0.4, 0.5) is 42.0 Å². The monoisotopic (exact) mass is 490 g/mol. The van der Waals surface area contributed by atoms with Crippen LogP contribution in [0.25, 0.3) is 0 Å². The molecular formula is C24H29F3N6O2. The van der Waals surface area contributed by atoms with E-state index in [0.29, 0.717) is 23.7 Å². The van der Waals surface area contributed by atoms with Crippen LogP contribution in [-0.4, -0.2) is 47.6 Å². The molecule has 0 bridgehead atoms. The molecule has 1 aromatic carbocycles. The van der Waals surface area contributed by atoms with Crippen molar-refractivity contribution in [1.29, 1.82) is 0 Å². The van der Waals surface area contributed by atoms with Crippen molar-refractivity contribution in [3.63, 3.8) is 0 Å². The van der Waals surface area contributed by atoms with Gasteiger partial charge in [-0.05, 0) is 44.9 Å². The van der Waals surface area contributed by atoms with E-state index < -0.39 is 23.9 Å². The second-order valence-electron chi connectivity index (χ2n) is 9.76. The maximum absolute atomic E-state index is 13.1. The minimum atomic E-state index is -4.58. The lowest BCUT2D eigenvalue weighted by atomic mass is 9.91. The fourth-order valence-corrected chi connectivity index (χ4v) is 4.72. The van der Waals surface area contributed by atoms with Gasteiger partial charge in [-0.1, -0.05) is 18.9 Å². The number of halogens is 3. The summed E-state index contributed by atoms with van der Waals surface area (Å²) in [6, 6.07) is 6.59. The molecule has 2 heterocycles. The van der Waals surface area contributed by atoms with Crippen molar-refractivity contribution in [2.24, 2.45) is 5.41 Å². The third kappa shape index (κ3) is 5.66. The molecule has 0 unspecified atom stereocenters. The number of hydrogen-bond donors (Lipinski definition) is 2. The smallest absolute Gasteiger partial charge is 0.351 e. The van der Waals surface area contributed by atoms with Crippen molar-refractivity contribution in [2.45, 2.75) is 58.2 Å². The van der Waals surface area contributed by atoms with Crippen molar-refractivity contribution in [1.82, 2.24) is 9.97 Å². The standard InChI is InChI=1S/C24H29F3N6O2/c1-23(2)14-33(17-9-4-5-10-17)20-18(32(3)21(23)35)13-28-22(31-20)30-16-8-6-7-15(11-16)29-19(34)12-24(25,26)27/h6-8,11,13,17H,4-5,9-10,12,14H2,1-3H3,(H,29,34)(H,28,30,31). The molecule has 1 aliphatic carbocycles. The number of carbonyl (C=O) groups is 2. The predicted molar refractivity (Wildman–Crippen MR) is 128 cm³/mol. The molecule has 0 radical (unpaired) electrons. The van der Waals surface area contributed by atoms with Crippen LogP contribution in [0.15, 0.2) is 30.5 Å². The van der Waals surface area contributed by atoms with E-state index in [2.05, 4.69) is 20.5 Å². The molecule has 1 fully saturated rings. The first-order chi connectivity index (χ1) is 16.4. The van der Waals surface area contributed by atoms with Crippen LogP contribution >= 0.6 is 0 Å². The van der Waals surface area contributed by atoms with Gasteiger partial charge in [-0.15, -0.1) is 0 Å². The molecule has 0 saturated heterocycles. The summed E-state index contributed by atoms with van der Waals surface area (Å²) in [6.45, 7) is 4.40. The van der Waals surface area contributed by atoms with Crippen LogP contribution in [0, 0.1) is 5.41 Å². The Morgan fingerprint density at radius 1 is 1.20 bits per heavy atom. The number of amides is 2. The number of nitrogens with zero attached hydrogens (tertiary/aromatic N) is 4. The molecular weight excluding hydrogens is 461 g/mol. The van der Waals surface area contributed by atoms with Gasteiger partial charge in [-0.25, -0.2) is 4.98 Å². The fraction of sp³-hybridized carbons (Fsp3) is 0.500. The van der Waals surface area contributed by atoms with Crippen molar-refractivity contribution in [3.8, 4) is 0 Å². The zero-order valence-corrected chi connectivity index (χ0v) is 19.9. The molecule has 35 heavy (non-hydrogen) atoms. The predicted octanol–water partition coefficient (Wildman–Crippen LogP) is 4.86. The maximum atomic E-state index is 13.1. The molecule has 2 aromatic rings. The van der Waals surface area contributed by atoms with Gasteiger partial charge in [0, 0.05) is 31.0 Å². The summed E-state index contributed by atoms with van der Waals surface area (Å²) in [7, 11) is 1.73. The van der Waals surface area contributed by atoms with E-state index >= 15 is 0 Å². The largest absolute Gasteiger partial charge is 0.397 e. The van der Waals surface area contributed by atoms with Gasteiger partial charge in [-0.3, -0.25) is 9.59 Å². The Morgan fingerprint density at radius 3 is 2.57 bits per heavy atom. The Hall–Kier alpha value is -3.37. The minimum absolute atomic E-state index is 0.00847. The molecule has 0 spiro atoms. The summed E-state index contributed by atoms with van der Waals surface area (Å²) in [5.74, 6) is -0.194. The quantitative estimate of drug-likeness (QED) is 0.622. The average Bonchev–Trinajstić information content (AvgIpc) is 3.28. The summed E-state index contributed by atoms with van der Waals surface area (Å²) >= 11 is 0. The van der Waals surface area contributed by atoms with Crippen molar-refractivity contribution >= 4 is 40.6 Å². The Kier molecular flexibility index (Phi) is 6.61. The third-order valence-corrected chi connectivity index (χ3v) is 6.36. The van der Waals surface area contributed by atoms with E-state index in [1.54, 1.807) is 30.3 Å². The lowest BCUT2D eigenvalue weighted by Gasteiger charge is -2.34. The molecule has 8 nitrogen and oxygen atoms in total. The number of nitrogens with one attached hydrogen (secondary N) is 2. The van der Waals surface area contributed by atoms with Crippen LogP contribution < -0.4 is 20.4 Å². The van der Waals surface area contributed by atoms with Gasteiger partial charge < -0.3 is 20.4 Å². The van der Waals surface area contributed by atoms with Gasteiger partial charge >= 0.3 is 6.18 Å². The highest BCUT2D eigenvalue weighted by Crippen LogP contribution is 2.40. The number of carbonyl (C=O) groups excluding carboxylic acids is 2. The SMILES string of the molecule is CN1C(=O)C(C)(C)CN(C2CCCC2)c2nc(Nc3cccc(NC(=O)CC(F)(F)F)c3)ncc21. The number of rotatable bonds is 5. The van der Waals surface area contributed by atoms with Crippen LogP contribution in [0.5, 0.6) is 0 Å². The van der Waals surface area contributed by atoms with Gasteiger partial charge in [0.25, 0.3) is 0 Å². The fourth-order valence-electron chi connectivity index (χ4n) is 4.72. The number of alkyl halides is 3. The van der Waals surface area contributed by atoms with Crippen molar-refractivity contribution < 1.29 is 22.8 Å². The van der Waals surface area contributed by atoms with Crippen molar-refractivity contribution in [3.05, 3.63) is 30.5 Å². The van der Waals surface area contributed by atoms with Gasteiger partial charge in [0.1, 0.15) is 12.1 Å². The Morgan fingerprint density at radius 2 is 1.89 bits per heavy atom. The summed E-state index contributed by atoms with van der Waals surface area (Å²) < 4.78 is 37.4. The van der Waals surface area contributed by atoms with E-state index in [4.69, 9.17) is 4.98 Å². The van der Waals surface area contributed by atoms with E-state index in [9.17, 15) is 22.8 Å². The van der Waals surface area contributed by atoms with E-state index in [-0.39, 0.29) is 23.6 Å². The molecule has 1 aromatic heterocycles. The highest BCUT2D eigenvalue weighted by Gasteiger charge is 2.41. The van der Waals surface area contributed by atoms with Crippen molar-refractivity contribution in [2.75, 3.05) is 34.0 Å². The highest BCUT2D eigenvalue weighted by atomic mass is 19.4. The normalized spacial score (nSPS) is 18.3. The lowest BCUT2D eigenvalue weighted by Crippen LogP contribution is -2.45. The minimum Gasteiger partial charge on any atom is -0.351 e. The molecule has 1 saturated carbocycles. The topological polar surface area (TPSA) is 90.5 Å². The summed E-state index contributed by atoms with van der Waals surface area (Å²) in [4.78, 5) is 37.7. The summed E-state index contributed by atoms with van der Waals surface area (Å²) in [6.07, 6.45) is -0.212. The lowest BCUT2D eigenvalue weighted by molar-refractivity contribution is -0.150. The second-order valence-corrected chi connectivity index (χ2v) is 9.76. The second kappa shape index (κ2) is 9.35. The zero-order chi connectivity index (χ0) is 25.4. The van der Waals surface area contributed by atoms with Crippen LogP contribution in [0.3, 0.4) is 0 Å². The number of anilines is 5. The Bertz CT molecular complexity index is 1110. The Balaban J connectivity index is 1.60. The zero-order valence-electron chi connectivity index (χ0n) is 19.9. The van der Waals surface area contributed by atoms with E-state index in [0.717, 1.165) is 25.7 Å². The van der Waals surface area contributed by atoms with Gasteiger partial charge in [0.2, 0.25) is 17.8 Å². The first-order valence-corrected chi connectivity index (χ1v) is 11.6. The summed E-state index contributed by atoms with van der Waals surface area (Å²) in [5.41, 5.74) is 0.750. The molecule has 11 heteroatoms. The molecule has 0 atom stereocenters. The average molecular weight is 491 g/mol. The Labute approximate surface area is 201 Å². The first kappa shape index (κ1) is 24.7. The molecule has 4 rings (SSSR count). The number of hydrogen-bond acceptors (Lipinski definition) is 6. The number of benzene rings is 1.